The number of hydrogen-bond donors (Lipinski definition) is 2. The zero-order valence-electron chi connectivity index (χ0n) is 20.2. The summed E-state index contributed by atoms with van der Waals surface area (Å²) < 4.78 is 5.36. The molecule has 1 aromatic heterocycles. The number of esters is 1. The van der Waals surface area contributed by atoms with Gasteiger partial charge < -0.3 is 15.2 Å². The van der Waals surface area contributed by atoms with Crippen molar-refractivity contribution in [1.82, 2.24) is 0 Å². The monoisotopic (exact) mass is 483 g/mol. The first kappa shape index (κ1) is 24.5. The minimum Gasteiger partial charge on any atom is -0.481 e. The summed E-state index contributed by atoms with van der Waals surface area (Å²) in [5, 5.41) is 13.1. The van der Waals surface area contributed by atoms with Crippen molar-refractivity contribution in [3.63, 3.8) is 0 Å². The van der Waals surface area contributed by atoms with Gasteiger partial charge in [0.05, 0.1) is 18.4 Å². The Balaban J connectivity index is 1.67. The van der Waals surface area contributed by atoms with E-state index in [-0.39, 0.29) is 24.3 Å². The van der Waals surface area contributed by atoms with Gasteiger partial charge in [0.15, 0.2) is 0 Å². The van der Waals surface area contributed by atoms with E-state index in [1.807, 2.05) is 19.1 Å². The molecule has 6 nitrogen and oxygen atoms in total. The highest BCUT2D eigenvalue weighted by atomic mass is 32.1. The molecule has 1 amide bonds. The zero-order valence-corrected chi connectivity index (χ0v) is 21.0. The Hall–Kier alpha value is -2.67. The van der Waals surface area contributed by atoms with Gasteiger partial charge in [-0.3, -0.25) is 9.59 Å². The Labute approximate surface area is 204 Å². The number of nitrogens with one attached hydrogen (secondary N) is 1. The molecule has 34 heavy (non-hydrogen) atoms. The first-order chi connectivity index (χ1) is 16.2. The fourth-order valence-electron chi connectivity index (χ4n) is 5.88. The maximum Gasteiger partial charge on any atom is 0.341 e. The molecule has 182 valence electrons. The summed E-state index contributed by atoms with van der Waals surface area (Å²) in [7, 11) is 0. The van der Waals surface area contributed by atoms with E-state index in [0.29, 0.717) is 16.5 Å². The quantitative estimate of drug-likeness (QED) is 0.464. The molecule has 2 aliphatic carbocycles. The number of aliphatic carboxylic acids is 1. The van der Waals surface area contributed by atoms with E-state index in [1.54, 1.807) is 6.92 Å². The standard InChI is InChI=1S/C27H33NO5S/c1-5-33-27(32)23-20(17-8-6-16(7-9-17)12-14(2)3)15(4)34-25(23)28-24(29)21-18-10-11-19(13-18)22(21)26(30)31/h6-9,14,18-19,21-22H,5,10-13H2,1-4H3,(H,28,29)(H,30,31)/t18-,19+,21+,22+/m1/s1. The van der Waals surface area contributed by atoms with Crippen LogP contribution in [0.4, 0.5) is 5.00 Å². The molecule has 0 spiro atoms. The topological polar surface area (TPSA) is 92.7 Å². The van der Waals surface area contributed by atoms with Crippen molar-refractivity contribution in [2.24, 2.45) is 29.6 Å². The van der Waals surface area contributed by atoms with E-state index in [2.05, 4.69) is 31.3 Å². The summed E-state index contributed by atoms with van der Waals surface area (Å²) in [5.41, 5.74) is 3.24. The van der Waals surface area contributed by atoms with Gasteiger partial charge in [0.1, 0.15) is 10.6 Å². The highest BCUT2D eigenvalue weighted by Gasteiger charge is 2.54. The van der Waals surface area contributed by atoms with Crippen LogP contribution in [0.5, 0.6) is 0 Å². The molecule has 2 N–H and O–H groups in total. The number of anilines is 1. The molecule has 2 bridgehead atoms. The maximum absolute atomic E-state index is 13.3. The molecule has 2 aliphatic rings. The third-order valence-electron chi connectivity index (χ3n) is 7.19. The second-order valence-electron chi connectivity index (χ2n) is 9.97. The summed E-state index contributed by atoms with van der Waals surface area (Å²) in [6.07, 6.45) is 3.52. The number of hydrogen-bond acceptors (Lipinski definition) is 5. The predicted molar refractivity (Wildman–Crippen MR) is 133 cm³/mol. The number of ether oxygens (including phenoxy) is 1. The van der Waals surface area contributed by atoms with Crippen molar-refractivity contribution in [3.8, 4) is 11.1 Å². The van der Waals surface area contributed by atoms with Crippen LogP contribution in [0.25, 0.3) is 11.1 Å². The van der Waals surface area contributed by atoms with Crippen LogP contribution >= 0.6 is 11.3 Å². The molecular weight excluding hydrogens is 450 g/mol. The lowest BCUT2D eigenvalue weighted by atomic mass is 9.78. The molecule has 2 saturated carbocycles. The van der Waals surface area contributed by atoms with Crippen LogP contribution in [0.15, 0.2) is 24.3 Å². The number of fused-ring (bicyclic) bond motifs is 2. The third-order valence-corrected chi connectivity index (χ3v) is 8.21. The third kappa shape index (κ3) is 4.63. The highest BCUT2D eigenvalue weighted by Crippen LogP contribution is 2.53. The normalized spacial score (nSPS) is 23.3. The minimum absolute atomic E-state index is 0.0627. The summed E-state index contributed by atoms with van der Waals surface area (Å²) in [6, 6.07) is 8.17. The van der Waals surface area contributed by atoms with Crippen molar-refractivity contribution in [1.29, 1.82) is 0 Å². The molecule has 0 unspecified atom stereocenters. The van der Waals surface area contributed by atoms with Gasteiger partial charge in [0.2, 0.25) is 5.91 Å². The van der Waals surface area contributed by atoms with E-state index in [9.17, 15) is 19.5 Å². The number of benzene rings is 1. The Morgan fingerprint density at radius 3 is 2.35 bits per heavy atom. The van der Waals surface area contributed by atoms with Crippen LogP contribution in [-0.4, -0.2) is 29.6 Å². The second kappa shape index (κ2) is 9.90. The average molecular weight is 484 g/mol. The Morgan fingerprint density at radius 1 is 1.12 bits per heavy atom. The van der Waals surface area contributed by atoms with Crippen molar-refractivity contribution >= 4 is 34.2 Å². The number of carboxylic acid groups (broad SMARTS) is 1. The van der Waals surface area contributed by atoms with Crippen LogP contribution in [0.1, 0.15) is 60.8 Å². The summed E-state index contributed by atoms with van der Waals surface area (Å²) in [5.74, 6) is -2.20. The number of carbonyl (C=O) groups excluding carboxylic acids is 2. The lowest BCUT2D eigenvalue weighted by Crippen LogP contribution is -2.37. The molecule has 4 atom stereocenters. The molecule has 0 aliphatic heterocycles. The number of carboxylic acids is 1. The van der Waals surface area contributed by atoms with E-state index in [0.717, 1.165) is 41.7 Å². The van der Waals surface area contributed by atoms with Gasteiger partial charge in [0.25, 0.3) is 0 Å². The van der Waals surface area contributed by atoms with E-state index < -0.39 is 23.8 Å². The van der Waals surface area contributed by atoms with Crippen LogP contribution < -0.4 is 5.32 Å². The number of amides is 1. The van der Waals surface area contributed by atoms with Crippen molar-refractivity contribution in [2.75, 3.05) is 11.9 Å². The fraction of sp³-hybridized carbons (Fsp3) is 0.519. The Bertz CT molecular complexity index is 1090. The molecule has 4 rings (SSSR count). The van der Waals surface area contributed by atoms with Gasteiger partial charge in [-0.2, -0.15) is 0 Å². The van der Waals surface area contributed by atoms with Crippen molar-refractivity contribution in [3.05, 3.63) is 40.3 Å². The van der Waals surface area contributed by atoms with Gasteiger partial charge >= 0.3 is 11.9 Å². The van der Waals surface area contributed by atoms with Crippen LogP contribution in [-0.2, 0) is 20.7 Å². The van der Waals surface area contributed by atoms with Crippen LogP contribution in [0.3, 0.4) is 0 Å². The molecule has 1 heterocycles. The van der Waals surface area contributed by atoms with E-state index in [4.69, 9.17) is 4.74 Å². The zero-order chi connectivity index (χ0) is 24.6. The Kier molecular flexibility index (Phi) is 7.12. The van der Waals surface area contributed by atoms with Gasteiger partial charge in [-0.15, -0.1) is 11.3 Å². The molecule has 2 fully saturated rings. The fourth-order valence-corrected chi connectivity index (χ4v) is 6.94. The summed E-state index contributed by atoms with van der Waals surface area (Å²) in [6.45, 7) is 8.26. The van der Waals surface area contributed by atoms with Crippen LogP contribution in [0, 0.1) is 36.5 Å². The van der Waals surface area contributed by atoms with Crippen molar-refractivity contribution < 1.29 is 24.2 Å². The summed E-state index contributed by atoms with van der Waals surface area (Å²) >= 11 is 1.34. The number of carbonyl (C=O) groups is 3. The lowest BCUT2D eigenvalue weighted by Gasteiger charge is -2.27. The SMILES string of the molecule is CCOC(=O)c1c(NC(=O)[C@H]2[C@@H]3CC[C@@H](C3)[C@@H]2C(=O)O)sc(C)c1-c1ccc(CC(C)C)cc1. The molecule has 0 saturated heterocycles. The molecular formula is C27H33NO5S. The highest BCUT2D eigenvalue weighted by molar-refractivity contribution is 7.17. The largest absolute Gasteiger partial charge is 0.481 e. The molecule has 7 heteroatoms. The Morgan fingerprint density at radius 2 is 1.76 bits per heavy atom. The first-order valence-electron chi connectivity index (χ1n) is 12.1. The predicted octanol–water partition coefficient (Wildman–Crippen LogP) is 5.78. The van der Waals surface area contributed by atoms with Gasteiger partial charge in [-0.1, -0.05) is 38.1 Å². The summed E-state index contributed by atoms with van der Waals surface area (Å²) in [4.78, 5) is 39.2. The average Bonchev–Trinajstić information content (AvgIpc) is 3.47. The molecule has 0 radical (unpaired) electrons. The second-order valence-corrected chi connectivity index (χ2v) is 11.2. The van der Waals surface area contributed by atoms with E-state index in [1.165, 1.54) is 16.9 Å². The maximum atomic E-state index is 13.3. The minimum atomic E-state index is -0.900. The number of thiophene rings is 1. The molecule has 2 aromatic rings. The van der Waals surface area contributed by atoms with E-state index >= 15 is 0 Å². The lowest BCUT2D eigenvalue weighted by molar-refractivity contribution is -0.148. The van der Waals surface area contributed by atoms with Crippen LogP contribution in [0.2, 0.25) is 0 Å². The number of rotatable bonds is 8. The number of aryl methyl sites for hydroxylation is 1. The van der Waals surface area contributed by atoms with Gasteiger partial charge in [-0.25, -0.2) is 4.79 Å². The first-order valence-corrected chi connectivity index (χ1v) is 13.0. The smallest absolute Gasteiger partial charge is 0.341 e. The van der Waals surface area contributed by atoms with Crippen molar-refractivity contribution in [2.45, 2.75) is 53.4 Å². The molecule has 1 aromatic carbocycles. The van der Waals surface area contributed by atoms with Gasteiger partial charge in [-0.05, 0) is 68.4 Å². The van der Waals surface area contributed by atoms with Gasteiger partial charge in [0, 0.05) is 10.4 Å².